The molecule has 2 rings (SSSR count). The van der Waals surface area contributed by atoms with Gasteiger partial charge in [0.2, 0.25) is 5.91 Å². The molecule has 0 radical (unpaired) electrons. The summed E-state index contributed by atoms with van der Waals surface area (Å²) in [6.07, 6.45) is 0.842. The average molecular weight is 332 g/mol. The number of rotatable bonds is 5. The Labute approximate surface area is 132 Å². The first-order chi connectivity index (χ1) is 9.97. The van der Waals surface area contributed by atoms with Crippen LogP contribution in [0, 0.1) is 5.92 Å². The van der Waals surface area contributed by atoms with Crippen molar-refractivity contribution in [2.45, 2.75) is 25.4 Å². The van der Waals surface area contributed by atoms with Crippen molar-refractivity contribution < 1.29 is 19.4 Å². The molecule has 0 aromatic heterocycles. The van der Waals surface area contributed by atoms with Crippen molar-refractivity contribution in [3.05, 3.63) is 28.2 Å². The Bertz CT molecular complexity index is 544. The molecular formula is C14H15Cl2NO4. The maximum Gasteiger partial charge on any atom is 0.304 e. The van der Waals surface area contributed by atoms with E-state index in [1.165, 1.54) is 6.07 Å². The summed E-state index contributed by atoms with van der Waals surface area (Å²) in [5, 5.41) is 12.4. The lowest BCUT2D eigenvalue weighted by Crippen LogP contribution is -2.34. The van der Waals surface area contributed by atoms with Gasteiger partial charge in [-0.05, 0) is 31.0 Å². The number of halogens is 2. The van der Waals surface area contributed by atoms with Crippen LogP contribution in [0.4, 0.5) is 5.69 Å². The van der Waals surface area contributed by atoms with Crippen molar-refractivity contribution in [2.75, 3.05) is 11.9 Å². The third kappa shape index (κ3) is 4.33. The minimum Gasteiger partial charge on any atom is -0.481 e. The van der Waals surface area contributed by atoms with E-state index in [1.807, 2.05) is 0 Å². The summed E-state index contributed by atoms with van der Waals surface area (Å²) in [6, 6.07) is 4.70. The number of carbonyl (C=O) groups is 2. The van der Waals surface area contributed by atoms with Gasteiger partial charge in [-0.2, -0.15) is 0 Å². The topological polar surface area (TPSA) is 75.6 Å². The molecule has 0 bridgehead atoms. The highest BCUT2D eigenvalue weighted by molar-refractivity contribution is 6.35. The van der Waals surface area contributed by atoms with Gasteiger partial charge in [-0.15, -0.1) is 0 Å². The van der Waals surface area contributed by atoms with Gasteiger partial charge in [0.05, 0.1) is 29.2 Å². The monoisotopic (exact) mass is 331 g/mol. The summed E-state index contributed by atoms with van der Waals surface area (Å²) in [7, 11) is 0. The summed E-state index contributed by atoms with van der Waals surface area (Å²) in [4.78, 5) is 23.3. The molecule has 1 aromatic rings. The zero-order chi connectivity index (χ0) is 15.4. The third-order valence-corrected chi connectivity index (χ3v) is 3.90. The lowest BCUT2D eigenvalue weighted by atomic mass is 9.95. The second-order valence-corrected chi connectivity index (χ2v) is 5.71. The van der Waals surface area contributed by atoms with Crippen molar-refractivity contribution in [1.82, 2.24) is 0 Å². The van der Waals surface area contributed by atoms with Gasteiger partial charge in [0.15, 0.2) is 0 Å². The molecule has 2 atom stereocenters. The van der Waals surface area contributed by atoms with Crippen molar-refractivity contribution in [2.24, 2.45) is 5.92 Å². The van der Waals surface area contributed by atoms with E-state index in [0.29, 0.717) is 28.8 Å². The fraction of sp³-hybridized carbons (Fsp3) is 0.429. The van der Waals surface area contributed by atoms with Crippen molar-refractivity contribution >= 4 is 40.8 Å². The first-order valence-corrected chi connectivity index (χ1v) is 7.32. The van der Waals surface area contributed by atoms with Gasteiger partial charge in [0.25, 0.3) is 0 Å². The lowest BCUT2D eigenvalue weighted by Gasteiger charge is -2.21. The third-order valence-electron chi connectivity index (χ3n) is 3.33. The van der Waals surface area contributed by atoms with Gasteiger partial charge < -0.3 is 15.2 Å². The van der Waals surface area contributed by atoms with Crippen LogP contribution < -0.4 is 5.32 Å². The number of carboxylic acid groups (broad SMARTS) is 1. The minimum atomic E-state index is -1.04. The van der Waals surface area contributed by atoms with Crippen LogP contribution in [0.3, 0.4) is 0 Å². The van der Waals surface area contributed by atoms with Crippen molar-refractivity contribution in [3.8, 4) is 0 Å². The minimum absolute atomic E-state index is 0.283. The van der Waals surface area contributed by atoms with E-state index in [-0.39, 0.29) is 12.5 Å². The molecule has 0 spiro atoms. The predicted molar refractivity (Wildman–Crippen MR) is 79.8 cm³/mol. The molecule has 1 heterocycles. The molecule has 1 aliphatic heterocycles. The maximum absolute atomic E-state index is 12.3. The van der Waals surface area contributed by atoms with Crippen LogP contribution in [-0.4, -0.2) is 29.7 Å². The van der Waals surface area contributed by atoms with Gasteiger partial charge in [0.1, 0.15) is 0 Å². The SMILES string of the molecule is O=C(O)C[C@@H](C(=O)Nc1cc(Cl)ccc1Cl)[C@@H]1CCCO1. The van der Waals surface area contributed by atoms with Crippen LogP contribution in [0.1, 0.15) is 19.3 Å². The number of carbonyl (C=O) groups excluding carboxylic acids is 1. The second kappa shape index (κ2) is 7.11. The number of nitrogens with one attached hydrogen (secondary N) is 1. The zero-order valence-corrected chi connectivity index (χ0v) is 12.7. The number of hydrogen-bond acceptors (Lipinski definition) is 3. The molecule has 1 saturated heterocycles. The van der Waals surface area contributed by atoms with Gasteiger partial charge in [-0.3, -0.25) is 9.59 Å². The molecule has 0 unspecified atom stereocenters. The molecular weight excluding hydrogens is 317 g/mol. The Hall–Kier alpha value is -1.30. The number of carboxylic acids is 1. The highest BCUT2D eigenvalue weighted by atomic mass is 35.5. The number of hydrogen-bond donors (Lipinski definition) is 2. The van der Waals surface area contributed by atoms with Crippen molar-refractivity contribution in [1.29, 1.82) is 0 Å². The summed E-state index contributed by atoms with van der Waals surface area (Å²) < 4.78 is 5.45. The lowest BCUT2D eigenvalue weighted by molar-refractivity contribution is -0.142. The fourth-order valence-corrected chi connectivity index (χ4v) is 2.66. The molecule has 0 aliphatic carbocycles. The Morgan fingerprint density at radius 1 is 1.43 bits per heavy atom. The number of benzene rings is 1. The quantitative estimate of drug-likeness (QED) is 0.868. The normalized spacial score (nSPS) is 19.2. The van der Waals surface area contributed by atoms with E-state index in [2.05, 4.69) is 5.32 Å². The van der Waals surface area contributed by atoms with E-state index >= 15 is 0 Å². The Balaban J connectivity index is 2.13. The van der Waals surface area contributed by atoms with Crippen LogP contribution in [0.2, 0.25) is 10.0 Å². The van der Waals surface area contributed by atoms with Crippen LogP contribution in [0.25, 0.3) is 0 Å². The molecule has 114 valence electrons. The highest BCUT2D eigenvalue weighted by Crippen LogP contribution is 2.28. The first-order valence-electron chi connectivity index (χ1n) is 6.56. The Kier molecular flexibility index (Phi) is 5.45. The molecule has 5 nitrogen and oxygen atoms in total. The van der Waals surface area contributed by atoms with Crippen LogP contribution in [0.15, 0.2) is 18.2 Å². The van der Waals surface area contributed by atoms with Gasteiger partial charge in [-0.1, -0.05) is 23.2 Å². The molecule has 7 heteroatoms. The maximum atomic E-state index is 12.3. The largest absolute Gasteiger partial charge is 0.481 e. The molecule has 0 saturated carbocycles. The van der Waals surface area contributed by atoms with Crippen molar-refractivity contribution in [3.63, 3.8) is 0 Å². The number of ether oxygens (including phenoxy) is 1. The Morgan fingerprint density at radius 2 is 2.19 bits per heavy atom. The van der Waals surface area contributed by atoms with Crippen LogP contribution in [-0.2, 0) is 14.3 Å². The van der Waals surface area contributed by atoms with E-state index in [9.17, 15) is 9.59 Å². The molecule has 2 N–H and O–H groups in total. The average Bonchev–Trinajstić information content (AvgIpc) is 2.93. The summed E-state index contributed by atoms with van der Waals surface area (Å²) in [6.45, 7) is 0.548. The molecule has 1 aliphatic rings. The fourth-order valence-electron chi connectivity index (χ4n) is 2.32. The summed E-state index contributed by atoms with van der Waals surface area (Å²) in [5.74, 6) is -2.21. The predicted octanol–water partition coefficient (Wildman–Crippen LogP) is 3.20. The van der Waals surface area contributed by atoms with Gasteiger partial charge in [0, 0.05) is 11.6 Å². The zero-order valence-electron chi connectivity index (χ0n) is 11.1. The number of amides is 1. The number of anilines is 1. The van der Waals surface area contributed by atoms with Crippen LogP contribution in [0.5, 0.6) is 0 Å². The molecule has 1 fully saturated rings. The second-order valence-electron chi connectivity index (χ2n) is 4.87. The summed E-state index contributed by atoms with van der Waals surface area (Å²) in [5.41, 5.74) is 0.363. The number of aliphatic carboxylic acids is 1. The Morgan fingerprint density at radius 3 is 2.81 bits per heavy atom. The van der Waals surface area contributed by atoms with E-state index in [0.717, 1.165) is 6.42 Å². The smallest absolute Gasteiger partial charge is 0.304 e. The van der Waals surface area contributed by atoms with Crippen LogP contribution >= 0.6 is 23.2 Å². The molecule has 1 amide bonds. The van der Waals surface area contributed by atoms with E-state index in [1.54, 1.807) is 12.1 Å². The van der Waals surface area contributed by atoms with Gasteiger partial charge >= 0.3 is 5.97 Å². The van der Waals surface area contributed by atoms with Gasteiger partial charge in [-0.25, -0.2) is 0 Å². The van der Waals surface area contributed by atoms with E-state index in [4.69, 9.17) is 33.0 Å². The molecule has 1 aromatic carbocycles. The summed E-state index contributed by atoms with van der Waals surface area (Å²) >= 11 is 11.9. The highest BCUT2D eigenvalue weighted by Gasteiger charge is 2.33. The molecule has 21 heavy (non-hydrogen) atoms. The standard InChI is InChI=1S/C14H15Cl2NO4/c15-8-3-4-10(16)11(6-8)17-14(20)9(7-13(18)19)12-2-1-5-21-12/h3-4,6,9,12H,1-2,5,7H2,(H,17,20)(H,18,19)/t9-,12+/m1/s1. The first kappa shape index (κ1) is 16.1. The van der Waals surface area contributed by atoms with E-state index < -0.39 is 17.8 Å².